The lowest BCUT2D eigenvalue weighted by Crippen LogP contribution is -2.27. The fourth-order valence-corrected chi connectivity index (χ4v) is 3.06. The van der Waals surface area contributed by atoms with Crippen LogP contribution in [0, 0.1) is 13.8 Å². The summed E-state index contributed by atoms with van der Waals surface area (Å²) in [5.74, 6) is -0.137. The Kier molecular flexibility index (Phi) is 4.90. The van der Waals surface area contributed by atoms with Crippen LogP contribution in [0.3, 0.4) is 0 Å². The van der Waals surface area contributed by atoms with Crippen molar-refractivity contribution in [2.75, 3.05) is 6.26 Å². The number of carbonyl (C=O) groups is 1. The predicted octanol–water partition coefficient (Wildman–Crippen LogP) is 3.20. The summed E-state index contributed by atoms with van der Waals surface area (Å²) in [6, 6.07) is 12.1. The molecule has 1 atom stereocenters. The van der Waals surface area contributed by atoms with Gasteiger partial charge in [0.2, 0.25) is 0 Å². The highest BCUT2D eigenvalue weighted by molar-refractivity contribution is 7.90. The van der Waals surface area contributed by atoms with Crippen LogP contribution in [-0.2, 0) is 9.84 Å². The molecule has 0 spiro atoms. The molecule has 0 bridgehead atoms. The molecule has 0 fully saturated rings. The van der Waals surface area contributed by atoms with Crippen molar-refractivity contribution in [2.45, 2.75) is 31.7 Å². The Morgan fingerprint density at radius 1 is 1.04 bits per heavy atom. The van der Waals surface area contributed by atoms with E-state index < -0.39 is 9.84 Å². The minimum Gasteiger partial charge on any atom is -0.346 e. The van der Waals surface area contributed by atoms with Gasteiger partial charge in [-0.15, -0.1) is 0 Å². The third-order valence-corrected chi connectivity index (χ3v) is 4.91. The molecule has 0 heterocycles. The van der Waals surface area contributed by atoms with Gasteiger partial charge in [-0.05, 0) is 50.1 Å². The summed E-state index contributed by atoms with van der Waals surface area (Å²) in [5.41, 5.74) is 3.55. The van der Waals surface area contributed by atoms with E-state index in [0.717, 1.165) is 16.7 Å². The van der Waals surface area contributed by atoms with Crippen LogP contribution < -0.4 is 5.32 Å². The first-order valence-electron chi connectivity index (χ1n) is 7.36. The quantitative estimate of drug-likeness (QED) is 0.936. The zero-order chi connectivity index (χ0) is 17.2. The van der Waals surface area contributed by atoms with Gasteiger partial charge in [0.25, 0.3) is 5.91 Å². The monoisotopic (exact) mass is 331 g/mol. The summed E-state index contributed by atoms with van der Waals surface area (Å²) in [5, 5.41) is 2.94. The lowest BCUT2D eigenvalue weighted by atomic mass is 10.0. The van der Waals surface area contributed by atoms with Gasteiger partial charge < -0.3 is 5.32 Å². The third kappa shape index (κ3) is 4.20. The number of hydrogen-bond acceptors (Lipinski definition) is 3. The van der Waals surface area contributed by atoms with Crippen LogP contribution in [-0.4, -0.2) is 20.6 Å². The van der Waals surface area contributed by atoms with Gasteiger partial charge in [-0.2, -0.15) is 0 Å². The van der Waals surface area contributed by atoms with Gasteiger partial charge >= 0.3 is 0 Å². The van der Waals surface area contributed by atoms with Crippen LogP contribution in [0.2, 0.25) is 0 Å². The zero-order valence-corrected chi connectivity index (χ0v) is 14.6. The zero-order valence-electron chi connectivity index (χ0n) is 13.8. The average Bonchev–Trinajstić information content (AvgIpc) is 2.46. The maximum Gasteiger partial charge on any atom is 0.252 e. The van der Waals surface area contributed by atoms with E-state index >= 15 is 0 Å². The van der Waals surface area contributed by atoms with Crippen molar-refractivity contribution in [3.63, 3.8) is 0 Å². The van der Waals surface area contributed by atoms with Gasteiger partial charge in [0, 0.05) is 11.8 Å². The number of carbonyl (C=O) groups excluding carboxylic acids is 1. The molecular weight excluding hydrogens is 310 g/mol. The number of amides is 1. The summed E-state index contributed by atoms with van der Waals surface area (Å²) in [7, 11) is -3.21. The summed E-state index contributed by atoms with van der Waals surface area (Å²) in [6.07, 6.45) is 1.17. The van der Waals surface area contributed by atoms with E-state index in [2.05, 4.69) is 5.32 Å². The lowest BCUT2D eigenvalue weighted by Gasteiger charge is -2.16. The van der Waals surface area contributed by atoms with Gasteiger partial charge in [0.05, 0.1) is 10.9 Å². The predicted molar refractivity (Wildman–Crippen MR) is 91.3 cm³/mol. The standard InChI is InChI=1S/C18H21NO3S/c1-12-5-10-17(13(2)11-12)18(20)19-14(3)15-6-8-16(9-7-15)23(4,21)22/h5-11,14H,1-4H3,(H,19,20). The topological polar surface area (TPSA) is 63.2 Å². The number of aryl methyl sites for hydroxylation is 2. The maximum absolute atomic E-state index is 12.4. The molecule has 2 aromatic rings. The highest BCUT2D eigenvalue weighted by Crippen LogP contribution is 2.18. The summed E-state index contributed by atoms with van der Waals surface area (Å²) >= 11 is 0. The van der Waals surface area contributed by atoms with Crippen LogP contribution >= 0.6 is 0 Å². The third-order valence-electron chi connectivity index (χ3n) is 3.78. The number of sulfone groups is 1. The first kappa shape index (κ1) is 17.2. The first-order chi connectivity index (χ1) is 10.7. The van der Waals surface area contributed by atoms with E-state index in [1.54, 1.807) is 24.3 Å². The molecule has 23 heavy (non-hydrogen) atoms. The van der Waals surface area contributed by atoms with E-state index in [4.69, 9.17) is 0 Å². The fraction of sp³-hybridized carbons (Fsp3) is 0.278. The molecule has 0 aliphatic heterocycles. The molecule has 0 saturated carbocycles. The number of benzene rings is 2. The van der Waals surface area contributed by atoms with Crippen molar-refractivity contribution in [2.24, 2.45) is 0 Å². The number of nitrogens with one attached hydrogen (secondary N) is 1. The molecule has 0 saturated heterocycles. The molecule has 1 amide bonds. The van der Waals surface area contributed by atoms with Crippen LogP contribution in [0.25, 0.3) is 0 Å². The molecule has 4 nitrogen and oxygen atoms in total. The van der Waals surface area contributed by atoms with E-state index in [1.165, 1.54) is 6.26 Å². The molecule has 1 unspecified atom stereocenters. The van der Waals surface area contributed by atoms with Crippen molar-refractivity contribution in [3.8, 4) is 0 Å². The SMILES string of the molecule is Cc1ccc(C(=O)NC(C)c2ccc(S(C)(=O)=O)cc2)c(C)c1. The largest absolute Gasteiger partial charge is 0.346 e. The van der Waals surface area contributed by atoms with Gasteiger partial charge in [-0.1, -0.05) is 29.8 Å². The van der Waals surface area contributed by atoms with E-state index in [-0.39, 0.29) is 16.8 Å². The second-order valence-corrected chi connectivity index (χ2v) is 7.87. The smallest absolute Gasteiger partial charge is 0.252 e. The van der Waals surface area contributed by atoms with Gasteiger partial charge in [-0.25, -0.2) is 8.42 Å². The van der Waals surface area contributed by atoms with Crippen molar-refractivity contribution in [3.05, 3.63) is 64.7 Å². The normalized spacial score (nSPS) is 12.7. The Morgan fingerprint density at radius 3 is 2.17 bits per heavy atom. The molecular formula is C18H21NO3S. The van der Waals surface area contributed by atoms with E-state index in [0.29, 0.717) is 5.56 Å². The Labute approximate surface area is 137 Å². The summed E-state index contributed by atoms with van der Waals surface area (Å²) < 4.78 is 22.9. The second kappa shape index (κ2) is 6.54. The maximum atomic E-state index is 12.4. The van der Waals surface area contributed by atoms with Crippen molar-refractivity contribution >= 4 is 15.7 Å². The highest BCUT2D eigenvalue weighted by Gasteiger charge is 2.14. The van der Waals surface area contributed by atoms with Crippen molar-refractivity contribution < 1.29 is 13.2 Å². The second-order valence-electron chi connectivity index (χ2n) is 5.85. The Bertz CT molecular complexity index is 824. The highest BCUT2D eigenvalue weighted by atomic mass is 32.2. The Morgan fingerprint density at radius 2 is 1.65 bits per heavy atom. The number of hydrogen-bond donors (Lipinski definition) is 1. The minimum absolute atomic E-state index is 0.137. The average molecular weight is 331 g/mol. The van der Waals surface area contributed by atoms with Gasteiger partial charge in [-0.3, -0.25) is 4.79 Å². The van der Waals surface area contributed by atoms with Crippen LogP contribution in [0.1, 0.15) is 40.0 Å². The first-order valence-corrected chi connectivity index (χ1v) is 9.26. The van der Waals surface area contributed by atoms with E-state index in [9.17, 15) is 13.2 Å². The Hall–Kier alpha value is -2.14. The van der Waals surface area contributed by atoms with Crippen LogP contribution in [0.15, 0.2) is 47.4 Å². The minimum atomic E-state index is -3.21. The Balaban J connectivity index is 2.15. The molecule has 5 heteroatoms. The van der Waals surface area contributed by atoms with Crippen LogP contribution in [0.4, 0.5) is 0 Å². The summed E-state index contributed by atoms with van der Waals surface area (Å²) in [4.78, 5) is 12.7. The summed E-state index contributed by atoms with van der Waals surface area (Å²) in [6.45, 7) is 5.77. The van der Waals surface area contributed by atoms with Crippen molar-refractivity contribution in [1.82, 2.24) is 5.32 Å². The van der Waals surface area contributed by atoms with Crippen LogP contribution in [0.5, 0.6) is 0 Å². The fourth-order valence-electron chi connectivity index (χ4n) is 2.43. The molecule has 0 radical (unpaired) electrons. The molecule has 0 aromatic heterocycles. The molecule has 122 valence electrons. The van der Waals surface area contributed by atoms with Gasteiger partial charge in [0.15, 0.2) is 9.84 Å². The molecule has 0 aliphatic carbocycles. The number of rotatable bonds is 4. The molecule has 1 N–H and O–H groups in total. The molecule has 2 aromatic carbocycles. The molecule has 0 aliphatic rings. The van der Waals surface area contributed by atoms with Crippen molar-refractivity contribution in [1.29, 1.82) is 0 Å². The lowest BCUT2D eigenvalue weighted by molar-refractivity contribution is 0.0939. The van der Waals surface area contributed by atoms with E-state index in [1.807, 2.05) is 39.0 Å². The van der Waals surface area contributed by atoms with Gasteiger partial charge in [0.1, 0.15) is 0 Å². The molecule has 2 rings (SSSR count).